The number of ketones is 1. The van der Waals surface area contributed by atoms with E-state index in [2.05, 4.69) is 12.1 Å². The molecule has 3 aromatic rings. The number of benzene rings is 3. The standard InChI is InChI=1S/C23H20O2/c1-2-25-23-11-7-6-10-21(23)16-17-22(24)20-14-12-19(13-15-20)18-8-4-3-5-9-18/h3-17H,2H2,1H3. The van der Waals surface area contributed by atoms with Crippen LogP contribution in [0.4, 0.5) is 0 Å². The van der Waals surface area contributed by atoms with E-state index in [4.69, 9.17) is 4.74 Å². The molecule has 0 saturated carbocycles. The topological polar surface area (TPSA) is 26.3 Å². The number of allylic oxidation sites excluding steroid dienone is 1. The lowest BCUT2D eigenvalue weighted by Crippen LogP contribution is -1.95. The van der Waals surface area contributed by atoms with E-state index in [1.165, 1.54) is 0 Å². The van der Waals surface area contributed by atoms with Gasteiger partial charge in [-0.3, -0.25) is 4.79 Å². The molecule has 0 atom stereocenters. The van der Waals surface area contributed by atoms with Crippen molar-refractivity contribution in [3.8, 4) is 16.9 Å². The van der Waals surface area contributed by atoms with Crippen molar-refractivity contribution in [1.82, 2.24) is 0 Å². The molecular weight excluding hydrogens is 308 g/mol. The van der Waals surface area contributed by atoms with Crippen molar-refractivity contribution in [2.75, 3.05) is 6.61 Å². The van der Waals surface area contributed by atoms with Gasteiger partial charge in [-0.25, -0.2) is 0 Å². The molecule has 3 aromatic carbocycles. The van der Waals surface area contributed by atoms with Gasteiger partial charge in [0.05, 0.1) is 6.61 Å². The van der Waals surface area contributed by atoms with Crippen molar-refractivity contribution < 1.29 is 9.53 Å². The quantitative estimate of drug-likeness (QED) is 0.432. The van der Waals surface area contributed by atoms with Gasteiger partial charge in [0.25, 0.3) is 0 Å². The molecule has 0 heterocycles. The lowest BCUT2D eigenvalue weighted by Gasteiger charge is -2.06. The molecule has 0 bridgehead atoms. The Labute approximate surface area is 148 Å². The Bertz CT molecular complexity index is 862. The fraction of sp³-hybridized carbons (Fsp3) is 0.0870. The Morgan fingerprint density at radius 1 is 0.840 bits per heavy atom. The zero-order chi connectivity index (χ0) is 17.5. The van der Waals surface area contributed by atoms with Gasteiger partial charge in [0, 0.05) is 11.1 Å². The molecule has 124 valence electrons. The Morgan fingerprint density at radius 3 is 2.20 bits per heavy atom. The van der Waals surface area contributed by atoms with E-state index in [1.807, 2.05) is 73.7 Å². The highest BCUT2D eigenvalue weighted by molar-refractivity contribution is 6.07. The van der Waals surface area contributed by atoms with Gasteiger partial charge in [0.1, 0.15) is 5.75 Å². The van der Waals surface area contributed by atoms with Gasteiger partial charge in [0.15, 0.2) is 5.78 Å². The zero-order valence-corrected chi connectivity index (χ0v) is 14.2. The van der Waals surface area contributed by atoms with Crippen molar-refractivity contribution in [1.29, 1.82) is 0 Å². The molecule has 0 aromatic heterocycles. The second-order valence-corrected chi connectivity index (χ2v) is 5.61. The van der Waals surface area contributed by atoms with E-state index in [9.17, 15) is 4.79 Å². The predicted octanol–water partition coefficient (Wildman–Crippen LogP) is 5.65. The fourth-order valence-corrected chi connectivity index (χ4v) is 2.62. The van der Waals surface area contributed by atoms with Crippen LogP contribution in [0.25, 0.3) is 17.2 Å². The molecule has 0 spiro atoms. The van der Waals surface area contributed by atoms with Gasteiger partial charge in [-0.05, 0) is 36.3 Å². The first-order valence-electron chi connectivity index (χ1n) is 8.37. The maximum atomic E-state index is 12.4. The number of hydrogen-bond donors (Lipinski definition) is 0. The van der Waals surface area contributed by atoms with Crippen LogP contribution < -0.4 is 4.74 Å². The van der Waals surface area contributed by atoms with E-state index < -0.39 is 0 Å². The molecule has 25 heavy (non-hydrogen) atoms. The summed E-state index contributed by atoms with van der Waals surface area (Å²) in [6, 6.07) is 25.5. The number of hydrogen-bond acceptors (Lipinski definition) is 2. The first-order chi connectivity index (χ1) is 12.3. The van der Waals surface area contributed by atoms with E-state index in [0.29, 0.717) is 12.2 Å². The molecule has 0 aliphatic heterocycles. The van der Waals surface area contributed by atoms with E-state index in [1.54, 1.807) is 12.2 Å². The van der Waals surface area contributed by atoms with Gasteiger partial charge in [-0.1, -0.05) is 72.8 Å². The van der Waals surface area contributed by atoms with E-state index in [-0.39, 0.29) is 5.78 Å². The molecule has 0 saturated heterocycles. The summed E-state index contributed by atoms with van der Waals surface area (Å²) in [5.41, 5.74) is 3.81. The van der Waals surface area contributed by atoms with Crippen LogP contribution >= 0.6 is 0 Å². The Balaban J connectivity index is 1.76. The summed E-state index contributed by atoms with van der Waals surface area (Å²) in [5, 5.41) is 0. The van der Waals surface area contributed by atoms with Crippen molar-refractivity contribution in [2.24, 2.45) is 0 Å². The van der Waals surface area contributed by atoms with Crippen LogP contribution in [0, 0.1) is 0 Å². The van der Waals surface area contributed by atoms with Gasteiger partial charge in [0.2, 0.25) is 0 Å². The third kappa shape index (κ3) is 4.24. The molecule has 0 aliphatic carbocycles. The number of carbonyl (C=O) groups is 1. The highest BCUT2D eigenvalue weighted by Gasteiger charge is 2.04. The highest BCUT2D eigenvalue weighted by atomic mass is 16.5. The summed E-state index contributed by atoms with van der Waals surface area (Å²) < 4.78 is 5.58. The minimum Gasteiger partial charge on any atom is -0.493 e. The number of carbonyl (C=O) groups excluding carboxylic acids is 1. The maximum absolute atomic E-state index is 12.4. The van der Waals surface area contributed by atoms with Crippen molar-refractivity contribution >= 4 is 11.9 Å². The summed E-state index contributed by atoms with van der Waals surface area (Å²) in [6.45, 7) is 2.54. The molecule has 0 aliphatic rings. The van der Waals surface area contributed by atoms with Crippen LogP contribution in [0.5, 0.6) is 5.75 Å². The molecule has 2 nitrogen and oxygen atoms in total. The van der Waals surface area contributed by atoms with Crippen LogP contribution in [0.2, 0.25) is 0 Å². The van der Waals surface area contributed by atoms with Crippen molar-refractivity contribution in [3.05, 3.63) is 96.1 Å². The van der Waals surface area contributed by atoms with Crippen molar-refractivity contribution in [2.45, 2.75) is 6.92 Å². The lowest BCUT2D eigenvalue weighted by molar-refractivity contribution is 0.104. The van der Waals surface area contributed by atoms with Crippen LogP contribution in [0.3, 0.4) is 0 Å². The second kappa shape index (κ2) is 8.11. The Morgan fingerprint density at radius 2 is 1.48 bits per heavy atom. The maximum Gasteiger partial charge on any atom is 0.185 e. The molecule has 2 heteroatoms. The molecule has 3 rings (SSSR count). The smallest absolute Gasteiger partial charge is 0.185 e. The first-order valence-corrected chi connectivity index (χ1v) is 8.37. The highest BCUT2D eigenvalue weighted by Crippen LogP contribution is 2.21. The summed E-state index contributed by atoms with van der Waals surface area (Å²) in [7, 11) is 0. The summed E-state index contributed by atoms with van der Waals surface area (Å²) in [6.07, 6.45) is 3.40. The van der Waals surface area contributed by atoms with Crippen molar-refractivity contribution in [3.63, 3.8) is 0 Å². The number of para-hydroxylation sites is 1. The molecular formula is C23H20O2. The van der Waals surface area contributed by atoms with Gasteiger partial charge in [-0.2, -0.15) is 0 Å². The van der Waals surface area contributed by atoms with Crippen LogP contribution in [-0.2, 0) is 0 Å². The lowest BCUT2D eigenvalue weighted by atomic mass is 10.0. The average molecular weight is 328 g/mol. The molecule has 0 fully saturated rings. The number of ether oxygens (including phenoxy) is 1. The molecule has 0 amide bonds. The first kappa shape index (κ1) is 16.7. The van der Waals surface area contributed by atoms with E-state index in [0.717, 1.165) is 22.4 Å². The largest absolute Gasteiger partial charge is 0.493 e. The molecule has 0 N–H and O–H groups in total. The average Bonchev–Trinajstić information content (AvgIpc) is 2.68. The summed E-state index contributed by atoms with van der Waals surface area (Å²) in [5.74, 6) is 0.763. The minimum atomic E-state index is -0.0223. The SMILES string of the molecule is CCOc1ccccc1C=CC(=O)c1ccc(-c2ccccc2)cc1. The molecule has 0 radical (unpaired) electrons. The monoisotopic (exact) mass is 328 g/mol. The Hall–Kier alpha value is -3.13. The van der Waals surface area contributed by atoms with Gasteiger partial charge >= 0.3 is 0 Å². The summed E-state index contributed by atoms with van der Waals surface area (Å²) in [4.78, 5) is 12.4. The summed E-state index contributed by atoms with van der Waals surface area (Å²) >= 11 is 0. The van der Waals surface area contributed by atoms with Crippen LogP contribution in [-0.4, -0.2) is 12.4 Å². The van der Waals surface area contributed by atoms with Crippen LogP contribution in [0.1, 0.15) is 22.8 Å². The van der Waals surface area contributed by atoms with E-state index >= 15 is 0 Å². The predicted molar refractivity (Wildman–Crippen MR) is 103 cm³/mol. The normalized spacial score (nSPS) is 10.8. The second-order valence-electron chi connectivity index (χ2n) is 5.61. The third-order valence-corrected chi connectivity index (χ3v) is 3.91. The Kier molecular flexibility index (Phi) is 5.43. The zero-order valence-electron chi connectivity index (χ0n) is 14.2. The molecule has 0 unspecified atom stereocenters. The third-order valence-electron chi connectivity index (χ3n) is 3.91. The fourth-order valence-electron chi connectivity index (χ4n) is 2.62. The van der Waals surface area contributed by atoms with Gasteiger partial charge in [-0.15, -0.1) is 0 Å². The number of rotatable bonds is 6. The van der Waals surface area contributed by atoms with Crippen LogP contribution in [0.15, 0.2) is 84.9 Å². The van der Waals surface area contributed by atoms with Gasteiger partial charge < -0.3 is 4.74 Å². The minimum absolute atomic E-state index is 0.0223.